The molecule has 0 aliphatic heterocycles. The summed E-state index contributed by atoms with van der Waals surface area (Å²) in [4.78, 5) is 23.2. The third kappa shape index (κ3) is 57.9. The van der Waals surface area contributed by atoms with Crippen LogP contribution in [0.5, 0.6) is 0 Å². The van der Waals surface area contributed by atoms with Gasteiger partial charge in [-0.3, -0.25) is 13.8 Å². The second-order valence-corrected chi connectivity index (χ2v) is 22.1. The van der Waals surface area contributed by atoms with Crippen molar-refractivity contribution < 1.29 is 32.9 Å². The van der Waals surface area contributed by atoms with E-state index < -0.39 is 20.0 Å². The monoisotopic (exact) mass is 1060 g/mol. The molecule has 0 bridgehead atoms. The fourth-order valence-electron chi connectivity index (χ4n) is 7.67. The molecule has 0 aliphatic rings. The van der Waals surface area contributed by atoms with Crippen molar-refractivity contribution in [3.05, 3.63) is 146 Å². The molecule has 0 saturated heterocycles. The fourth-order valence-corrected chi connectivity index (χ4v) is 8.41. The second kappa shape index (κ2) is 55.1. The van der Waals surface area contributed by atoms with Crippen LogP contribution in [0.25, 0.3) is 0 Å². The molecule has 426 valence electrons. The van der Waals surface area contributed by atoms with Crippen molar-refractivity contribution >= 4 is 13.7 Å². The maximum Gasteiger partial charge on any atom is 0.472 e. The van der Waals surface area contributed by atoms with E-state index in [9.17, 15) is 19.4 Å². The number of amides is 1. The molecule has 75 heavy (non-hydrogen) atoms. The van der Waals surface area contributed by atoms with E-state index in [-0.39, 0.29) is 19.1 Å². The number of aliphatic hydroxyl groups excluding tert-OH is 1. The van der Waals surface area contributed by atoms with E-state index >= 15 is 0 Å². The Balaban J connectivity index is 4.09. The number of phosphoric acid groups is 1. The lowest BCUT2D eigenvalue weighted by molar-refractivity contribution is -0.870. The van der Waals surface area contributed by atoms with E-state index in [4.69, 9.17) is 9.05 Å². The number of rotatable bonds is 52. The van der Waals surface area contributed by atoms with Crippen LogP contribution in [0.3, 0.4) is 0 Å². The minimum absolute atomic E-state index is 0.0485. The standard InChI is InChI=1S/C66H111N2O6P/c1-6-8-10-12-14-16-18-20-21-22-23-24-25-26-27-28-29-30-31-32-33-34-35-36-37-38-39-40-41-42-43-44-45-46-47-48-50-52-54-56-58-60-66(70)67-64(63-74-75(71,72)73-62-61-68(3,4)5)65(69)59-57-55-53-51-49-19-17-15-13-11-9-7-2/h8,10,14,16,20-21,23-24,26-27,29-30,32-33,35-36,38-39,41-42,49,51,57,59,64-65,69H,6-7,9,11-13,15,17-19,22,25,28,31,34,37,40,43-48,50,52-56,58,60-63H2,1-5H3,(H-,67,70,71,72)/p+1/b10-8-,16-14-,21-20-,24-23-,27-26-,30-29-,33-32-,36-35-,39-38-,42-41-,51-49+,59-57+. The topological polar surface area (TPSA) is 105 Å². The smallest absolute Gasteiger partial charge is 0.387 e. The highest BCUT2D eigenvalue weighted by Crippen LogP contribution is 2.43. The maximum absolute atomic E-state index is 12.9. The number of hydrogen-bond acceptors (Lipinski definition) is 5. The highest BCUT2D eigenvalue weighted by Gasteiger charge is 2.27. The molecule has 0 radical (unpaired) electrons. The number of quaternary nitrogens is 1. The molecule has 0 rings (SSSR count). The minimum atomic E-state index is -4.36. The summed E-state index contributed by atoms with van der Waals surface area (Å²) in [6.45, 7) is 4.63. The van der Waals surface area contributed by atoms with E-state index in [0.717, 1.165) is 109 Å². The fraction of sp³-hybridized carbons (Fsp3) is 0.621. The first-order chi connectivity index (χ1) is 36.5. The van der Waals surface area contributed by atoms with Gasteiger partial charge in [-0.25, -0.2) is 4.57 Å². The molecule has 8 nitrogen and oxygen atoms in total. The van der Waals surface area contributed by atoms with Crippen LogP contribution in [-0.4, -0.2) is 73.4 Å². The van der Waals surface area contributed by atoms with E-state index in [1.807, 2.05) is 27.2 Å². The van der Waals surface area contributed by atoms with Crippen LogP contribution in [0.4, 0.5) is 0 Å². The van der Waals surface area contributed by atoms with Crippen LogP contribution in [0.2, 0.25) is 0 Å². The number of aliphatic hydroxyl groups is 1. The van der Waals surface area contributed by atoms with Gasteiger partial charge in [-0.2, -0.15) is 0 Å². The Morgan fingerprint density at radius 1 is 0.467 bits per heavy atom. The van der Waals surface area contributed by atoms with Crippen LogP contribution in [-0.2, 0) is 18.4 Å². The van der Waals surface area contributed by atoms with Crippen molar-refractivity contribution in [2.24, 2.45) is 0 Å². The molecule has 1 amide bonds. The maximum atomic E-state index is 12.9. The lowest BCUT2D eigenvalue weighted by Gasteiger charge is -2.25. The average Bonchev–Trinajstić information content (AvgIpc) is 3.37. The molecule has 9 heteroatoms. The molecule has 0 fully saturated rings. The predicted molar refractivity (Wildman–Crippen MR) is 327 cm³/mol. The normalized spacial score (nSPS) is 14.9. The Bertz CT molecular complexity index is 1720. The van der Waals surface area contributed by atoms with Gasteiger partial charge in [0.1, 0.15) is 13.2 Å². The largest absolute Gasteiger partial charge is 0.472 e. The Morgan fingerprint density at radius 2 is 0.813 bits per heavy atom. The van der Waals surface area contributed by atoms with Crippen molar-refractivity contribution in [1.82, 2.24) is 5.32 Å². The molecular weight excluding hydrogens is 948 g/mol. The first-order valence-electron chi connectivity index (χ1n) is 29.7. The lowest BCUT2D eigenvalue weighted by atomic mass is 10.0. The summed E-state index contributed by atoms with van der Waals surface area (Å²) in [5.74, 6) is -0.199. The molecule has 0 aromatic heterocycles. The number of carbonyl (C=O) groups excluding carboxylic acids is 1. The third-order valence-electron chi connectivity index (χ3n) is 12.3. The molecule has 3 atom stereocenters. The van der Waals surface area contributed by atoms with Crippen molar-refractivity contribution in [3.8, 4) is 0 Å². The van der Waals surface area contributed by atoms with Crippen molar-refractivity contribution in [1.29, 1.82) is 0 Å². The van der Waals surface area contributed by atoms with Gasteiger partial charge in [0, 0.05) is 6.42 Å². The van der Waals surface area contributed by atoms with Crippen molar-refractivity contribution in [2.75, 3.05) is 40.9 Å². The molecule has 0 aromatic rings. The Kier molecular flexibility index (Phi) is 52.5. The highest BCUT2D eigenvalue weighted by atomic mass is 31.2. The molecule has 3 N–H and O–H groups in total. The number of nitrogens with zero attached hydrogens (tertiary/aromatic N) is 1. The van der Waals surface area contributed by atoms with Crippen molar-refractivity contribution in [2.45, 2.75) is 225 Å². The summed E-state index contributed by atoms with van der Waals surface area (Å²) in [6, 6.07) is -0.874. The summed E-state index contributed by atoms with van der Waals surface area (Å²) in [5, 5.41) is 13.8. The lowest BCUT2D eigenvalue weighted by Crippen LogP contribution is -2.45. The average molecular weight is 1060 g/mol. The molecule has 3 unspecified atom stereocenters. The van der Waals surface area contributed by atoms with Gasteiger partial charge in [0.25, 0.3) is 0 Å². The van der Waals surface area contributed by atoms with Crippen LogP contribution in [0.15, 0.2) is 146 Å². The second-order valence-electron chi connectivity index (χ2n) is 20.6. The number of carbonyl (C=O) groups is 1. The number of phosphoric ester groups is 1. The third-order valence-corrected chi connectivity index (χ3v) is 13.3. The molecular formula is C66H112N2O6P+. The summed E-state index contributed by atoms with van der Waals surface area (Å²) in [5.41, 5.74) is 0. The van der Waals surface area contributed by atoms with E-state index in [1.54, 1.807) is 6.08 Å². The molecule has 0 saturated carbocycles. The quantitative estimate of drug-likeness (QED) is 0.0243. The summed E-state index contributed by atoms with van der Waals surface area (Å²) in [7, 11) is 1.53. The van der Waals surface area contributed by atoms with Gasteiger partial charge in [0.2, 0.25) is 5.91 Å². The number of allylic oxidation sites excluding steroid dienone is 23. The first kappa shape index (κ1) is 71.4. The van der Waals surface area contributed by atoms with E-state index in [0.29, 0.717) is 17.4 Å². The number of hydrogen-bond donors (Lipinski definition) is 3. The number of nitrogens with one attached hydrogen (secondary N) is 1. The van der Waals surface area contributed by atoms with Crippen LogP contribution < -0.4 is 5.32 Å². The zero-order chi connectivity index (χ0) is 54.9. The van der Waals surface area contributed by atoms with Gasteiger partial charge in [-0.05, 0) is 109 Å². The molecule has 0 aromatic carbocycles. The van der Waals surface area contributed by atoms with Gasteiger partial charge in [-0.1, -0.05) is 243 Å². The Morgan fingerprint density at radius 3 is 1.23 bits per heavy atom. The zero-order valence-corrected chi connectivity index (χ0v) is 49.4. The minimum Gasteiger partial charge on any atom is -0.387 e. The molecule has 0 spiro atoms. The highest BCUT2D eigenvalue weighted by molar-refractivity contribution is 7.47. The Labute approximate surface area is 461 Å². The van der Waals surface area contributed by atoms with Gasteiger partial charge < -0.3 is 19.8 Å². The van der Waals surface area contributed by atoms with E-state index in [2.05, 4.69) is 153 Å². The zero-order valence-electron chi connectivity index (χ0n) is 48.5. The predicted octanol–water partition coefficient (Wildman–Crippen LogP) is 18.5. The van der Waals surface area contributed by atoms with Crippen LogP contribution in [0, 0.1) is 0 Å². The van der Waals surface area contributed by atoms with Gasteiger partial charge in [-0.15, -0.1) is 0 Å². The van der Waals surface area contributed by atoms with Gasteiger partial charge >= 0.3 is 7.82 Å². The Hall–Kier alpha value is -3.62. The van der Waals surface area contributed by atoms with Gasteiger partial charge in [0.15, 0.2) is 0 Å². The van der Waals surface area contributed by atoms with Crippen LogP contribution in [0.1, 0.15) is 213 Å². The summed E-state index contributed by atoms with van der Waals surface area (Å²) in [6.07, 6.45) is 85.4. The summed E-state index contributed by atoms with van der Waals surface area (Å²) >= 11 is 0. The SMILES string of the molecule is CC/C=C\C/C=C\C/C=C\C/C=C\C/C=C\C/C=C\C/C=C\C/C=C\C/C=C\C/C=C\CCCCCCCCCCCCC(=O)NC(COP(=O)(O)OCC[N+](C)(C)C)C(O)/C=C/CC/C=C/CCCCCCCC. The molecule has 0 heterocycles. The summed E-state index contributed by atoms with van der Waals surface area (Å²) < 4.78 is 23.6. The first-order valence-corrected chi connectivity index (χ1v) is 31.2. The van der Waals surface area contributed by atoms with Gasteiger partial charge in [0.05, 0.1) is 39.9 Å². The number of unbranched alkanes of at least 4 members (excludes halogenated alkanes) is 17. The number of likely N-dealkylation sites (N-methyl/N-ethyl adjacent to an activating group) is 1. The van der Waals surface area contributed by atoms with E-state index in [1.165, 1.54) is 83.5 Å². The molecule has 0 aliphatic carbocycles. The van der Waals surface area contributed by atoms with Crippen molar-refractivity contribution in [3.63, 3.8) is 0 Å². The van der Waals surface area contributed by atoms with Crippen LogP contribution >= 0.6 is 7.82 Å².